The first-order chi connectivity index (χ1) is 6.63. The van der Waals surface area contributed by atoms with Gasteiger partial charge in [-0.1, -0.05) is 11.6 Å². The van der Waals surface area contributed by atoms with E-state index in [9.17, 15) is 4.79 Å². The molecule has 1 amide bonds. The first kappa shape index (κ1) is 11.0. The summed E-state index contributed by atoms with van der Waals surface area (Å²) in [6.07, 6.45) is 0. The number of amides is 1. The summed E-state index contributed by atoms with van der Waals surface area (Å²) in [4.78, 5) is 11.3. The highest BCUT2D eigenvalue weighted by molar-refractivity contribution is 6.29. The fourth-order valence-electron chi connectivity index (χ4n) is 0.836. The molecule has 0 bridgehead atoms. The molecule has 0 radical (unpaired) electrons. The summed E-state index contributed by atoms with van der Waals surface area (Å²) < 4.78 is 4.73. The van der Waals surface area contributed by atoms with Gasteiger partial charge in [0.05, 0.1) is 6.61 Å². The second-order valence-corrected chi connectivity index (χ2v) is 3.06. The predicted molar refractivity (Wildman–Crippen MR) is 52.1 cm³/mol. The Kier molecular flexibility index (Phi) is 3.87. The summed E-state index contributed by atoms with van der Waals surface area (Å²) in [7, 11) is 1.47. The number of nitrogens with one attached hydrogen (secondary N) is 2. The number of carbonyl (C=O) groups is 1. The summed E-state index contributed by atoms with van der Waals surface area (Å²) >= 11 is 5.56. The highest BCUT2D eigenvalue weighted by Crippen LogP contribution is 2.09. The Labute approximate surface area is 85.8 Å². The molecular formula is C7H11ClN4O2. The van der Waals surface area contributed by atoms with E-state index >= 15 is 0 Å². The Bertz CT molecular complexity index is 314. The predicted octanol–water partition coefficient (Wildman–Crippen LogP) is -0.0247. The number of carbonyl (C=O) groups excluding carboxylic acids is 1. The lowest BCUT2D eigenvalue weighted by molar-refractivity contribution is -0.118. The second kappa shape index (κ2) is 4.94. The van der Waals surface area contributed by atoms with Gasteiger partial charge in [-0.2, -0.15) is 5.10 Å². The lowest BCUT2D eigenvalue weighted by Gasteiger charge is -2.08. The minimum atomic E-state index is -0.713. The van der Waals surface area contributed by atoms with Crippen LogP contribution in [-0.4, -0.2) is 35.9 Å². The van der Waals surface area contributed by atoms with Crippen molar-refractivity contribution in [2.24, 2.45) is 5.73 Å². The number of nitrogens with two attached hydrogens (primary N) is 1. The van der Waals surface area contributed by atoms with E-state index in [0.717, 1.165) is 0 Å². The Morgan fingerprint density at radius 2 is 2.64 bits per heavy atom. The number of aromatic nitrogens is 2. The molecule has 4 N–H and O–H groups in total. The number of ether oxygens (including phenoxy) is 1. The van der Waals surface area contributed by atoms with Crippen LogP contribution in [-0.2, 0) is 9.53 Å². The van der Waals surface area contributed by atoms with Crippen LogP contribution in [0.25, 0.3) is 0 Å². The van der Waals surface area contributed by atoms with Gasteiger partial charge < -0.3 is 15.8 Å². The maximum atomic E-state index is 11.3. The van der Waals surface area contributed by atoms with Crippen molar-refractivity contribution >= 4 is 23.3 Å². The van der Waals surface area contributed by atoms with Gasteiger partial charge in [0.1, 0.15) is 11.2 Å². The molecule has 6 nitrogen and oxygen atoms in total. The zero-order valence-corrected chi connectivity index (χ0v) is 8.34. The second-order valence-electron chi connectivity index (χ2n) is 2.65. The van der Waals surface area contributed by atoms with Crippen molar-refractivity contribution in [2.75, 3.05) is 19.0 Å². The van der Waals surface area contributed by atoms with Crippen LogP contribution in [0.15, 0.2) is 6.07 Å². The third-order valence-electron chi connectivity index (χ3n) is 1.48. The molecule has 7 heteroatoms. The standard InChI is InChI=1S/C7H11ClN4O2/c1-14-3-4(9)7(13)10-6-2-5(8)11-12-6/h2,4H,3,9H2,1H3,(H2,10,11,12,13). The smallest absolute Gasteiger partial charge is 0.244 e. The molecule has 14 heavy (non-hydrogen) atoms. The number of rotatable bonds is 4. The number of halogens is 1. The van der Waals surface area contributed by atoms with Crippen LogP contribution in [0.1, 0.15) is 0 Å². The minimum absolute atomic E-state index is 0.157. The fourth-order valence-corrected chi connectivity index (χ4v) is 0.982. The van der Waals surface area contributed by atoms with Gasteiger partial charge in [-0.05, 0) is 0 Å². The normalized spacial score (nSPS) is 12.5. The van der Waals surface area contributed by atoms with Gasteiger partial charge in [-0.25, -0.2) is 0 Å². The fraction of sp³-hybridized carbons (Fsp3) is 0.429. The molecule has 0 aliphatic carbocycles. The van der Waals surface area contributed by atoms with Crippen molar-refractivity contribution in [3.05, 3.63) is 11.2 Å². The van der Waals surface area contributed by atoms with Crippen LogP contribution in [0, 0.1) is 0 Å². The molecule has 78 valence electrons. The van der Waals surface area contributed by atoms with Gasteiger partial charge in [0.25, 0.3) is 0 Å². The van der Waals surface area contributed by atoms with E-state index in [1.807, 2.05) is 0 Å². The monoisotopic (exact) mass is 218 g/mol. The zero-order valence-electron chi connectivity index (χ0n) is 7.58. The molecule has 1 aromatic heterocycles. The van der Waals surface area contributed by atoms with Gasteiger partial charge in [0.15, 0.2) is 5.82 Å². The van der Waals surface area contributed by atoms with E-state index in [1.165, 1.54) is 13.2 Å². The first-order valence-corrected chi connectivity index (χ1v) is 4.27. The average molecular weight is 219 g/mol. The van der Waals surface area contributed by atoms with Crippen molar-refractivity contribution in [1.82, 2.24) is 10.2 Å². The van der Waals surface area contributed by atoms with Crippen LogP contribution < -0.4 is 11.1 Å². The quantitative estimate of drug-likeness (QED) is 0.662. The molecule has 1 atom stereocenters. The minimum Gasteiger partial charge on any atom is -0.383 e. The lowest BCUT2D eigenvalue weighted by Crippen LogP contribution is -2.39. The molecule has 0 aliphatic rings. The Balaban J connectivity index is 2.48. The van der Waals surface area contributed by atoms with E-state index in [2.05, 4.69) is 15.5 Å². The molecule has 0 aromatic carbocycles. The number of H-pyrrole nitrogens is 1. The Morgan fingerprint density at radius 1 is 1.93 bits per heavy atom. The Morgan fingerprint density at radius 3 is 3.14 bits per heavy atom. The van der Waals surface area contributed by atoms with E-state index in [0.29, 0.717) is 11.0 Å². The lowest BCUT2D eigenvalue weighted by atomic mass is 10.3. The molecule has 1 unspecified atom stereocenters. The van der Waals surface area contributed by atoms with E-state index in [4.69, 9.17) is 22.1 Å². The number of methoxy groups -OCH3 is 1. The van der Waals surface area contributed by atoms with Crippen LogP contribution in [0.5, 0.6) is 0 Å². The largest absolute Gasteiger partial charge is 0.383 e. The number of anilines is 1. The zero-order chi connectivity index (χ0) is 10.6. The number of hydrogen-bond acceptors (Lipinski definition) is 4. The van der Waals surface area contributed by atoms with E-state index in [1.54, 1.807) is 0 Å². The van der Waals surface area contributed by atoms with Crippen LogP contribution in [0.2, 0.25) is 5.15 Å². The molecule has 0 aliphatic heterocycles. The van der Waals surface area contributed by atoms with Gasteiger partial charge in [-0.3, -0.25) is 9.89 Å². The average Bonchev–Trinajstić information content (AvgIpc) is 2.51. The molecule has 1 rings (SSSR count). The molecule has 0 fully saturated rings. The van der Waals surface area contributed by atoms with Crippen molar-refractivity contribution in [2.45, 2.75) is 6.04 Å². The van der Waals surface area contributed by atoms with Gasteiger partial charge in [0, 0.05) is 13.2 Å². The van der Waals surface area contributed by atoms with Crippen molar-refractivity contribution < 1.29 is 9.53 Å². The van der Waals surface area contributed by atoms with Gasteiger partial charge in [0.2, 0.25) is 5.91 Å². The number of aromatic amines is 1. The summed E-state index contributed by atoms with van der Waals surface area (Å²) in [6, 6.07) is 0.773. The number of hydrogen-bond donors (Lipinski definition) is 3. The number of nitrogens with zero attached hydrogens (tertiary/aromatic N) is 1. The topological polar surface area (TPSA) is 93.0 Å². The van der Waals surface area contributed by atoms with Crippen LogP contribution >= 0.6 is 11.6 Å². The summed E-state index contributed by atoms with van der Waals surface area (Å²) in [5.74, 6) is -0.0263. The van der Waals surface area contributed by atoms with E-state index < -0.39 is 6.04 Å². The summed E-state index contributed by atoms with van der Waals surface area (Å²) in [5.41, 5.74) is 5.47. The molecule has 0 spiro atoms. The summed E-state index contributed by atoms with van der Waals surface area (Å²) in [5, 5.41) is 9.01. The molecule has 0 saturated carbocycles. The highest BCUT2D eigenvalue weighted by Gasteiger charge is 2.14. The molecule has 0 saturated heterocycles. The molecule has 1 aromatic rings. The highest BCUT2D eigenvalue weighted by atomic mass is 35.5. The van der Waals surface area contributed by atoms with Crippen LogP contribution in [0.3, 0.4) is 0 Å². The SMILES string of the molecule is COCC(N)C(=O)Nc1cc(Cl)[nH]n1. The van der Waals surface area contributed by atoms with Gasteiger partial charge in [-0.15, -0.1) is 0 Å². The maximum Gasteiger partial charge on any atom is 0.244 e. The third-order valence-corrected chi connectivity index (χ3v) is 1.67. The van der Waals surface area contributed by atoms with Crippen LogP contribution in [0.4, 0.5) is 5.82 Å². The van der Waals surface area contributed by atoms with Crippen molar-refractivity contribution in [1.29, 1.82) is 0 Å². The maximum absolute atomic E-state index is 11.3. The molecular weight excluding hydrogens is 208 g/mol. The third kappa shape index (κ3) is 2.99. The first-order valence-electron chi connectivity index (χ1n) is 3.89. The van der Waals surface area contributed by atoms with Gasteiger partial charge >= 0.3 is 0 Å². The van der Waals surface area contributed by atoms with E-state index in [-0.39, 0.29) is 12.5 Å². The Hall–Kier alpha value is -1.11. The molecule has 1 heterocycles. The summed E-state index contributed by atoms with van der Waals surface area (Å²) in [6.45, 7) is 0.157. The van der Waals surface area contributed by atoms with Crippen molar-refractivity contribution in [3.63, 3.8) is 0 Å². The van der Waals surface area contributed by atoms with Crippen molar-refractivity contribution in [3.8, 4) is 0 Å².